The fourth-order valence-corrected chi connectivity index (χ4v) is 1.48. The topological polar surface area (TPSA) is 72.2 Å². The molecule has 0 saturated heterocycles. The van der Waals surface area contributed by atoms with Crippen molar-refractivity contribution < 1.29 is 9.59 Å². The third-order valence-corrected chi connectivity index (χ3v) is 2.73. The maximum atomic E-state index is 11.7. The Balaban J connectivity index is 2.47. The van der Waals surface area contributed by atoms with Crippen LogP contribution in [-0.2, 0) is 4.79 Å². The highest BCUT2D eigenvalue weighted by atomic mass is 35.5. The molecule has 0 radical (unpaired) electrons. The van der Waals surface area contributed by atoms with Crippen LogP contribution in [0.25, 0.3) is 0 Å². The molecule has 1 aromatic carbocycles. The molecule has 0 unspecified atom stereocenters. The Bertz CT molecular complexity index is 433. The number of carbonyl (C=O) groups is 2. The lowest BCUT2D eigenvalue weighted by atomic mass is 10.1. The second kappa shape index (κ2) is 6.25. The predicted molar refractivity (Wildman–Crippen MR) is 67.0 cm³/mol. The van der Waals surface area contributed by atoms with Crippen molar-refractivity contribution >= 4 is 23.4 Å². The Hall–Kier alpha value is -1.55. The fraction of sp³-hybridized carbons (Fsp3) is 0.333. The van der Waals surface area contributed by atoms with E-state index in [-0.39, 0.29) is 18.2 Å². The van der Waals surface area contributed by atoms with Crippen LogP contribution in [-0.4, -0.2) is 18.4 Å². The van der Waals surface area contributed by atoms with Gasteiger partial charge in [0.25, 0.3) is 5.91 Å². The molecule has 92 valence electrons. The first kappa shape index (κ1) is 13.5. The SMILES string of the molecule is Cc1ccc(C(=O)NCCCC(N)=O)cc1Cl. The number of primary amides is 1. The van der Waals surface area contributed by atoms with Crippen LogP contribution in [0, 0.1) is 6.92 Å². The Labute approximate surface area is 105 Å². The molecule has 0 aliphatic heterocycles. The van der Waals surface area contributed by atoms with Gasteiger partial charge in [0.2, 0.25) is 5.91 Å². The normalized spacial score (nSPS) is 10.0. The van der Waals surface area contributed by atoms with Crippen LogP contribution in [0.2, 0.25) is 5.02 Å². The Morgan fingerprint density at radius 1 is 1.41 bits per heavy atom. The minimum absolute atomic E-state index is 0.198. The van der Waals surface area contributed by atoms with Crippen LogP contribution < -0.4 is 11.1 Å². The number of nitrogens with one attached hydrogen (secondary N) is 1. The molecule has 1 aromatic rings. The summed E-state index contributed by atoms with van der Waals surface area (Å²) in [6.45, 7) is 2.30. The molecule has 0 spiro atoms. The average Bonchev–Trinajstić information content (AvgIpc) is 2.27. The Morgan fingerprint density at radius 2 is 2.12 bits per heavy atom. The van der Waals surface area contributed by atoms with Crippen LogP contribution >= 0.6 is 11.6 Å². The van der Waals surface area contributed by atoms with Gasteiger partial charge in [0.1, 0.15) is 0 Å². The number of nitrogens with two attached hydrogens (primary N) is 1. The van der Waals surface area contributed by atoms with Gasteiger partial charge in [-0.2, -0.15) is 0 Å². The van der Waals surface area contributed by atoms with E-state index in [9.17, 15) is 9.59 Å². The third kappa shape index (κ3) is 4.44. The minimum Gasteiger partial charge on any atom is -0.370 e. The minimum atomic E-state index is -0.363. The maximum Gasteiger partial charge on any atom is 0.251 e. The van der Waals surface area contributed by atoms with Gasteiger partial charge in [-0.15, -0.1) is 0 Å². The number of amides is 2. The molecule has 17 heavy (non-hydrogen) atoms. The van der Waals surface area contributed by atoms with E-state index in [0.29, 0.717) is 23.6 Å². The summed E-state index contributed by atoms with van der Waals surface area (Å²) >= 11 is 5.92. The van der Waals surface area contributed by atoms with Crippen LogP contribution in [0.5, 0.6) is 0 Å². The number of hydrogen-bond donors (Lipinski definition) is 2. The molecule has 5 heteroatoms. The molecule has 0 atom stereocenters. The number of rotatable bonds is 5. The molecule has 0 fully saturated rings. The molecule has 0 aliphatic carbocycles. The summed E-state index contributed by atoms with van der Waals surface area (Å²) in [5.74, 6) is -0.561. The first-order valence-corrected chi connectivity index (χ1v) is 5.71. The van der Waals surface area contributed by atoms with Crippen molar-refractivity contribution in [3.05, 3.63) is 34.3 Å². The van der Waals surface area contributed by atoms with Crippen molar-refractivity contribution in [1.29, 1.82) is 0 Å². The highest BCUT2D eigenvalue weighted by Gasteiger charge is 2.06. The van der Waals surface area contributed by atoms with Crippen molar-refractivity contribution in [2.75, 3.05) is 6.54 Å². The highest BCUT2D eigenvalue weighted by Crippen LogP contribution is 2.16. The zero-order valence-electron chi connectivity index (χ0n) is 9.63. The first-order chi connectivity index (χ1) is 8.00. The lowest BCUT2D eigenvalue weighted by molar-refractivity contribution is -0.118. The second-order valence-corrected chi connectivity index (χ2v) is 4.20. The molecular formula is C12H15ClN2O2. The summed E-state index contributed by atoms with van der Waals surface area (Å²) in [5, 5.41) is 3.26. The zero-order chi connectivity index (χ0) is 12.8. The molecule has 1 rings (SSSR count). The maximum absolute atomic E-state index is 11.7. The molecule has 0 aliphatic rings. The van der Waals surface area contributed by atoms with Gasteiger partial charge < -0.3 is 11.1 Å². The molecule has 0 saturated carbocycles. The van der Waals surface area contributed by atoms with Gasteiger partial charge in [0, 0.05) is 23.6 Å². The van der Waals surface area contributed by atoms with Crippen molar-refractivity contribution in [1.82, 2.24) is 5.32 Å². The molecule has 3 N–H and O–H groups in total. The standard InChI is InChI=1S/C12H15ClN2O2/c1-8-4-5-9(7-10(8)13)12(17)15-6-2-3-11(14)16/h4-5,7H,2-3,6H2,1H3,(H2,14,16)(H,15,17). The van der Waals surface area contributed by atoms with E-state index in [1.807, 2.05) is 6.92 Å². The summed E-state index contributed by atoms with van der Waals surface area (Å²) in [6.07, 6.45) is 0.815. The van der Waals surface area contributed by atoms with Crippen molar-refractivity contribution in [3.8, 4) is 0 Å². The number of halogens is 1. The summed E-state index contributed by atoms with van der Waals surface area (Å²) in [4.78, 5) is 22.2. The molecule has 0 aromatic heterocycles. The number of carbonyl (C=O) groups excluding carboxylic acids is 2. The largest absolute Gasteiger partial charge is 0.370 e. The average molecular weight is 255 g/mol. The second-order valence-electron chi connectivity index (χ2n) is 3.79. The van der Waals surface area contributed by atoms with E-state index in [1.165, 1.54) is 0 Å². The van der Waals surface area contributed by atoms with Crippen LogP contribution in [0.1, 0.15) is 28.8 Å². The monoisotopic (exact) mass is 254 g/mol. The van der Waals surface area contributed by atoms with Gasteiger partial charge in [0.15, 0.2) is 0 Å². The smallest absolute Gasteiger partial charge is 0.251 e. The fourth-order valence-electron chi connectivity index (χ4n) is 1.30. The first-order valence-electron chi connectivity index (χ1n) is 5.33. The molecule has 2 amide bonds. The van der Waals surface area contributed by atoms with Crippen molar-refractivity contribution in [2.24, 2.45) is 5.73 Å². The summed E-state index contributed by atoms with van der Waals surface area (Å²) < 4.78 is 0. The molecule has 0 bridgehead atoms. The Kier molecular flexibility index (Phi) is 4.97. The van der Waals surface area contributed by atoms with Gasteiger partial charge in [-0.3, -0.25) is 9.59 Å². The highest BCUT2D eigenvalue weighted by molar-refractivity contribution is 6.31. The van der Waals surface area contributed by atoms with Gasteiger partial charge in [0.05, 0.1) is 0 Å². The number of aryl methyl sites for hydroxylation is 1. The zero-order valence-corrected chi connectivity index (χ0v) is 10.4. The van der Waals surface area contributed by atoms with E-state index >= 15 is 0 Å². The van der Waals surface area contributed by atoms with Crippen LogP contribution in [0.4, 0.5) is 0 Å². The summed E-state index contributed by atoms with van der Waals surface area (Å²) in [6, 6.07) is 5.13. The van der Waals surface area contributed by atoms with E-state index < -0.39 is 0 Å². The number of hydrogen-bond acceptors (Lipinski definition) is 2. The van der Waals surface area contributed by atoms with Gasteiger partial charge in [-0.05, 0) is 31.0 Å². The van der Waals surface area contributed by atoms with Crippen LogP contribution in [0.3, 0.4) is 0 Å². The van der Waals surface area contributed by atoms with Crippen molar-refractivity contribution in [2.45, 2.75) is 19.8 Å². The number of benzene rings is 1. The van der Waals surface area contributed by atoms with Gasteiger partial charge in [-0.25, -0.2) is 0 Å². The van der Waals surface area contributed by atoms with E-state index in [1.54, 1.807) is 18.2 Å². The molecular weight excluding hydrogens is 240 g/mol. The van der Waals surface area contributed by atoms with E-state index in [2.05, 4.69) is 5.32 Å². The van der Waals surface area contributed by atoms with Gasteiger partial charge >= 0.3 is 0 Å². The quantitative estimate of drug-likeness (QED) is 0.784. The van der Waals surface area contributed by atoms with E-state index in [0.717, 1.165) is 5.56 Å². The summed E-state index contributed by atoms with van der Waals surface area (Å²) in [5.41, 5.74) is 6.43. The van der Waals surface area contributed by atoms with Gasteiger partial charge in [-0.1, -0.05) is 17.7 Å². The van der Waals surface area contributed by atoms with Crippen LogP contribution in [0.15, 0.2) is 18.2 Å². The predicted octanol–water partition coefficient (Wildman–Crippen LogP) is 1.64. The van der Waals surface area contributed by atoms with Crippen molar-refractivity contribution in [3.63, 3.8) is 0 Å². The molecule has 4 nitrogen and oxygen atoms in total. The lowest BCUT2D eigenvalue weighted by Crippen LogP contribution is -2.25. The third-order valence-electron chi connectivity index (χ3n) is 2.32. The Morgan fingerprint density at radius 3 is 2.71 bits per heavy atom. The summed E-state index contributed by atoms with van der Waals surface area (Å²) in [7, 11) is 0. The molecule has 0 heterocycles. The van der Waals surface area contributed by atoms with E-state index in [4.69, 9.17) is 17.3 Å². The lowest BCUT2D eigenvalue weighted by Gasteiger charge is -2.05.